The van der Waals surface area contributed by atoms with Gasteiger partial charge in [0, 0.05) is 17.8 Å². The molecule has 0 aliphatic rings. The Morgan fingerprint density at radius 3 is 2.36 bits per heavy atom. The molecule has 8 heteroatoms. The van der Waals surface area contributed by atoms with E-state index in [9.17, 15) is 13.2 Å². The van der Waals surface area contributed by atoms with E-state index in [0.29, 0.717) is 18.0 Å². The van der Waals surface area contributed by atoms with Crippen LogP contribution in [0.4, 0.5) is 30.6 Å². The first kappa shape index (κ1) is 18.8. The highest BCUT2D eigenvalue weighted by molar-refractivity contribution is 5.58. The van der Waals surface area contributed by atoms with Crippen molar-refractivity contribution >= 4 is 17.5 Å². The minimum atomic E-state index is -4.55. The summed E-state index contributed by atoms with van der Waals surface area (Å²) in [6.07, 6.45) is -3.81. The van der Waals surface area contributed by atoms with Crippen molar-refractivity contribution in [2.45, 2.75) is 39.4 Å². The number of aromatic nitrogens is 2. The summed E-state index contributed by atoms with van der Waals surface area (Å²) in [6, 6.07) is 7.73. The third-order valence-corrected chi connectivity index (χ3v) is 3.44. The second kappa shape index (κ2) is 8.04. The molecule has 1 heterocycles. The van der Waals surface area contributed by atoms with Crippen molar-refractivity contribution in [1.29, 1.82) is 0 Å². The standard InChI is InChI=1S/C17H21F3N4O/c1-4-11(3)21-16-23-14(17(18,19)20)10-15(24-16)22-12-6-8-13(9-7-12)25-5-2/h6-11H,4-5H2,1-3H3,(H2,21,22,23,24)/t11-/m1/s1. The van der Waals surface area contributed by atoms with Gasteiger partial charge in [-0.3, -0.25) is 0 Å². The zero-order valence-electron chi connectivity index (χ0n) is 14.3. The highest BCUT2D eigenvalue weighted by Crippen LogP contribution is 2.30. The van der Waals surface area contributed by atoms with Gasteiger partial charge in [-0.05, 0) is 44.5 Å². The summed E-state index contributed by atoms with van der Waals surface area (Å²) in [5.74, 6) is 0.695. The third-order valence-electron chi connectivity index (χ3n) is 3.44. The summed E-state index contributed by atoms with van der Waals surface area (Å²) in [7, 11) is 0. The van der Waals surface area contributed by atoms with Crippen molar-refractivity contribution < 1.29 is 17.9 Å². The lowest BCUT2D eigenvalue weighted by atomic mass is 10.2. The zero-order chi connectivity index (χ0) is 18.4. The molecule has 0 saturated carbocycles. The second-order valence-electron chi connectivity index (χ2n) is 5.50. The summed E-state index contributed by atoms with van der Waals surface area (Å²) in [6.45, 7) is 6.18. The minimum Gasteiger partial charge on any atom is -0.494 e. The van der Waals surface area contributed by atoms with Crippen molar-refractivity contribution in [1.82, 2.24) is 9.97 Å². The Balaban J connectivity index is 2.27. The van der Waals surface area contributed by atoms with Gasteiger partial charge in [0.05, 0.1) is 6.61 Å². The molecule has 0 bridgehead atoms. The van der Waals surface area contributed by atoms with Gasteiger partial charge in [-0.15, -0.1) is 0 Å². The molecule has 0 aliphatic heterocycles. The van der Waals surface area contributed by atoms with Crippen molar-refractivity contribution in [3.63, 3.8) is 0 Å². The van der Waals surface area contributed by atoms with Crippen molar-refractivity contribution in [2.75, 3.05) is 17.2 Å². The van der Waals surface area contributed by atoms with Gasteiger partial charge in [-0.1, -0.05) is 6.92 Å². The fourth-order valence-corrected chi connectivity index (χ4v) is 1.99. The minimum absolute atomic E-state index is 0.0400. The molecule has 0 aliphatic carbocycles. The number of nitrogens with zero attached hydrogens (tertiary/aromatic N) is 2. The Morgan fingerprint density at radius 1 is 1.12 bits per heavy atom. The maximum absolute atomic E-state index is 13.1. The van der Waals surface area contributed by atoms with E-state index < -0.39 is 11.9 Å². The van der Waals surface area contributed by atoms with Crippen LogP contribution in [0, 0.1) is 0 Å². The SMILES string of the molecule is CCOc1ccc(Nc2cc(C(F)(F)F)nc(N[C@H](C)CC)n2)cc1. The van der Waals surface area contributed by atoms with Crippen LogP contribution < -0.4 is 15.4 Å². The smallest absolute Gasteiger partial charge is 0.433 e. The molecule has 0 amide bonds. The molecule has 0 unspecified atom stereocenters. The van der Waals surface area contributed by atoms with Gasteiger partial charge in [-0.2, -0.15) is 18.2 Å². The number of ether oxygens (including phenoxy) is 1. The predicted molar refractivity (Wildman–Crippen MR) is 91.3 cm³/mol. The van der Waals surface area contributed by atoms with Crippen LogP contribution in [0.3, 0.4) is 0 Å². The molecule has 0 radical (unpaired) electrons. The van der Waals surface area contributed by atoms with Crippen molar-refractivity contribution in [3.8, 4) is 5.75 Å². The highest BCUT2D eigenvalue weighted by Gasteiger charge is 2.33. The fourth-order valence-electron chi connectivity index (χ4n) is 1.99. The molecule has 0 saturated heterocycles. The lowest BCUT2D eigenvalue weighted by Gasteiger charge is -2.15. The predicted octanol–water partition coefficient (Wildman–Crippen LogP) is 4.85. The van der Waals surface area contributed by atoms with Gasteiger partial charge in [0.1, 0.15) is 11.6 Å². The maximum Gasteiger partial charge on any atom is 0.433 e. The average Bonchev–Trinajstić information content (AvgIpc) is 2.56. The monoisotopic (exact) mass is 354 g/mol. The van der Waals surface area contributed by atoms with E-state index >= 15 is 0 Å². The van der Waals surface area contributed by atoms with Gasteiger partial charge in [-0.25, -0.2) is 4.98 Å². The molecule has 2 N–H and O–H groups in total. The molecule has 2 aromatic rings. The van der Waals surface area contributed by atoms with Gasteiger partial charge in [0.25, 0.3) is 0 Å². The Labute approximate surface area is 144 Å². The van der Waals surface area contributed by atoms with E-state index in [1.54, 1.807) is 24.3 Å². The Bertz CT molecular complexity index is 689. The molecule has 0 spiro atoms. The Hall–Kier alpha value is -2.51. The molecular formula is C17H21F3N4O. The first-order valence-corrected chi connectivity index (χ1v) is 8.04. The van der Waals surface area contributed by atoms with E-state index in [-0.39, 0.29) is 17.8 Å². The average molecular weight is 354 g/mol. The Morgan fingerprint density at radius 2 is 1.80 bits per heavy atom. The maximum atomic E-state index is 13.1. The van der Waals surface area contributed by atoms with Gasteiger partial charge >= 0.3 is 6.18 Å². The van der Waals surface area contributed by atoms with E-state index in [1.165, 1.54) is 0 Å². The van der Waals surface area contributed by atoms with E-state index in [0.717, 1.165) is 12.5 Å². The van der Waals surface area contributed by atoms with Crippen LogP contribution in [0.5, 0.6) is 5.75 Å². The van der Waals surface area contributed by atoms with Crippen molar-refractivity contribution in [2.24, 2.45) is 0 Å². The molecule has 0 fully saturated rings. The number of benzene rings is 1. The van der Waals surface area contributed by atoms with Crippen LogP contribution in [0.1, 0.15) is 32.9 Å². The molecule has 25 heavy (non-hydrogen) atoms. The first-order chi connectivity index (χ1) is 11.8. The molecule has 136 valence electrons. The largest absolute Gasteiger partial charge is 0.494 e. The number of alkyl halides is 3. The lowest BCUT2D eigenvalue weighted by molar-refractivity contribution is -0.141. The van der Waals surface area contributed by atoms with Gasteiger partial charge < -0.3 is 15.4 Å². The van der Waals surface area contributed by atoms with Crippen LogP contribution in [0.15, 0.2) is 30.3 Å². The normalized spacial score (nSPS) is 12.6. The number of hydrogen-bond donors (Lipinski definition) is 2. The fraction of sp³-hybridized carbons (Fsp3) is 0.412. The van der Waals surface area contributed by atoms with Crippen LogP contribution in [0.25, 0.3) is 0 Å². The number of hydrogen-bond acceptors (Lipinski definition) is 5. The summed E-state index contributed by atoms with van der Waals surface area (Å²) in [5, 5.41) is 5.74. The molecule has 5 nitrogen and oxygen atoms in total. The lowest BCUT2D eigenvalue weighted by Crippen LogP contribution is -2.18. The molecule has 1 aromatic carbocycles. The van der Waals surface area contributed by atoms with E-state index in [2.05, 4.69) is 20.6 Å². The van der Waals surface area contributed by atoms with Crippen LogP contribution in [-0.2, 0) is 6.18 Å². The molecule has 2 rings (SSSR count). The zero-order valence-corrected chi connectivity index (χ0v) is 14.3. The van der Waals surface area contributed by atoms with Gasteiger partial charge in [0.2, 0.25) is 5.95 Å². The topological polar surface area (TPSA) is 59.1 Å². The first-order valence-electron chi connectivity index (χ1n) is 8.04. The van der Waals surface area contributed by atoms with Crippen LogP contribution in [0.2, 0.25) is 0 Å². The third kappa shape index (κ3) is 5.51. The van der Waals surface area contributed by atoms with Crippen LogP contribution in [-0.4, -0.2) is 22.6 Å². The quantitative estimate of drug-likeness (QED) is 0.744. The second-order valence-corrected chi connectivity index (χ2v) is 5.50. The number of rotatable bonds is 7. The summed E-state index contributed by atoms with van der Waals surface area (Å²) < 4.78 is 44.6. The molecule has 1 atom stereocenters. The van der Waals surface area contributed by atoms with E-state index in [1.807, 2.05) is 20.8 Å². The van der Waals surface area contributed by atoms with Crippen molar-refractivity contribution in [3.05, 3.63) is 36.0 Å². The van der Waals surface area contributed by atoms with Crippen LogP contribution >= 0.6 is 0 Å². The highest BCUT2D eigenvalue weighted by atomic mass is 19.4. The summed E-state index contributed by atoms with van der Waals surface area (Å²) in [4.78, 5) is 7.69. The summed E-state index contributed by atoms with van der Waals surface area (Å²) in [5.41, 5.74) is -0.397. The van der Waals surface area contributed by atoms with Gasteiger partial charge in [0.15, 0.2) is 5.69 Å². The number of nitrogens with one attached hydrogen (secondary N) is 2. The number of halogens is 3. The molecule has 1 aromatic heterocycles. The molecular weight excluding hydrogens is 333 g/mol. The van der Waals surface area contributed by atoms with E-state index in [4.69, 9.17) is 4.74 Å². The Kier molecular flexibility index (Phi) is 6.06. The number of anilines is 3. The summed E-state index contributed by atoms with van der Waals surface area (Å²) >= 11 is 0.